The van der Waals surface area contributed by atoms with Crippen molar-refractivity contribution >= 4 is 27.5 Å². The lowest BCUT2D eigenvalue weighted by Crippen LogP contribution is -2.18. The third-order valence-electron chi connectivity index (χ3n) is 2.44. The molecule has 1 heterocycles. The minimum absolute atomic E-state index is 0.195. The number of rotatable bonds is 4. The molecule has 19 heavy (non-hydrogen) atoms. The molecule has 0 bridgehead atoms. The topological polar surface area (TPSA) is 85.1 Å². The summed E-state index contributed by atoms with van der Waals surface area (Å²) in [6.07, 6.45) is 3.35. The molecule has 0 radical (unpaired) electrons. The first-order valence-corrected chi connectivity index (χ1v) is 7.74. The van der Waals surface area contributed by atoms with E-state index in [2.05, 4.69) is 9.71 Å². The fourth-order valence-electron chi connectivity index (χ4n) is 1.42. The Bertz CT molecular complexity index is 673. The lowest BCUT2D eigenvalue weighted by Gasteiger charge is -2.08. The van der Waals surface area contributed by atoms with E-state index in [4.69, 9.17) is 5.73 Å². The molecule has 0 fully saturated rings. The van der Waals surface area contributed by atoms with Crippen LogP contribution in [0.1, 0.15) is 0 Å². The summed E-state index contributed by atoms with van der Waals surface area (Å²) in [7, 11) is -2.08. The van der Waals surface area contributed by atoms with Gasteiger partial charge in [0.2, 0.25) is 10.0 Å². The standard InChI is InChI=1S/C12H13N3O2S2/c1-14-19(16,17)10-2-3-11(13)12(8-10)18-9-4-6-15-7-5-9/h2-8,14H,13H2,1H3. The van der Waals surface area contributed by atoms with Crippen molar-refractivity contribution in [1.29, 1.82) is 0 Å². The van der Waals surface area contributed by atoms with Gasteiger partial charge in [-0.1, -0.05) is 11.8 Å². The van der Waals surface area contributed by atoms with E-state index in [1.54, 1.807) is 24.5 Å². The number of hydrogen-bond acceptors (Lipinski definition) is 5. The van der Waals surface area contributed by atoms with Crippen molar-refractivity contribution in [3.63, 3.8) is 0 Å². The molecule has 0 aliphatic rings. The molecular weight excluding hydrogens is 282 g/mol. The Balaban J connectivity index is 2.38. The largest absolute Gasteiger partial charge is 0.398 e. The number of sulfonamides is 1. The van der Waals surface area contributed by atoms with Crippen LogP contribution >= 0.6 is 11.8 Å². The summed E-state index contributed by atoms with van der Waals surface area (Å²) in [5.74, 6) is 0. The minimum Gasteiger partial charge on any atom is -0.398 e. The van der Waals surface area contributed by atoms with Crippen LogP contribution in [-0.4, -0.2) is 20.4 Å². The van der Waals surface area contributed by atoms with E-state index >= 15 is 0 Å². The van der Waals surface area contributed by atoms with Gasteiger partial charge in [0.15, 0.2) is 0 Å². The monoisotopic (exact) mass is 295 g/mol. The minimum atomic E-state index is -3.46. The number of nitrogens with two attached hydrogens (primary N) is 1. The number of nitrogens with one attached hydrogen (secondary N) is 1. The number of hydrogen-bond donors (Lipinski definition) is 2. The highest BCUT2D eigenvalue weighted by molar-refractivity contribution is 7.99. The van der Waals surface area contributed by atoms with Crippen molar-refractivity contribution in [2.45, 2.75) is 14.7 Å². The van der Waals surface area contributed by atoms with E-state index in [0.717, 1.165) is 4.90 Å². The fourth-order valence-corrected chi connectivity index (χ4v) is 3.14. The summed E-state index contributed by atoms with van der Waals surface area (Å²) in [6, 6.07) is 8.31. The molecule has 0 saturated heterocycles. The second-order valence-corrected chi connectivity index (χ2v) is 6.69. The number of aromatic nitrogens is 1. The zero-order valence-electron chi connectivity index (χ0n) is 10.2. The average molecular weight is 295 g/mol. The molecule has 0 atom stereocenters. The quantitative estimate of drug-likeness (QED) is 0.839. The second kappa shape index (κ2) is 5.60. The summed E-state index contributed by atoms with van der Waals surface area (Å²) in [5.41, 5.74) is 6.41. The SMILES string of the molecule is CNS(=O)(=O)c1ccc(N)c(Sc2ccncc2)c1. The Hall–Kier alpha value is -1.57. The Morgan fingerprint density at radius 3 is 2.53 bits per heavy atom. The molecule has 0 unspecified atom stereocenters. The number of pyridine rings is 1. The van der Waals surface area contributed by atoms with Crippen LogP contribution < -0.4 is 10.5 Å². The van der Waals surface area contributed by atoms with E-state index < -0.39 is 10.0 Å². The zero-order chi connectivity index (χ0) is 13.9. The van der Waals surface area contributed by atoms with Gasteiger partial charge in [0.1, 0.15) is 0 Å². The molecule has 0 saturated carbocycles. The molecule has 0 aliphatic heterocycles. The Morgan fingerprint density at radius 1 is 1.21 bits per heavy atom. The molecule has 0 amide bonds. The van der Waals surface area contributed by atoms with Gasteiger partial charge in [0.05, 0.1) is 4.90 Å². The van der Waals surface area contributed by atoms with Crippen LogP contribution in [0.4, 0.5) is 5.69 Å². The van der Waals surface area contributed by atoms with Crippen molar-refractivity contribution in [3.05, 3.63) is 42.7 Å². The first-order valence-electron chi connectivity index (χ1n) is 5.44. The maximum absolute atomic E-state index is 11.7. The van der Waals surface area contributed by atoms with Crippen molar-refractivity contribution < 1.29 is 8.42 Å². The van der Waals surface area contributed by atoms with Gasteiger partial charge < -0.3 is 5.73 Å². The van der Waals surface area contributed by atoms with E-state index in [-0.39, 0.29) is 4.90 Å². The maximum Gasteiger partial charge on any atom is 0.240 e. The van der Waals surface area contributed by atoms with Crippen molar-refractivity contribution in [1.82, 2.24) is 9.71 Å². The van der Waals surface area contributed by atoms with Gasteiger partial charge in [-0.2, -0.15) is 0 Å². The lowest BCUT2D eigenvalue weighted by atomic mass is 10.3. The van der Waals surface area contributed by atoms with Crippen molar-refractivity contribution in [2.75, 3.05) is 12.8 Å². The van der Waals surface area contributed by atoms with E-state index in [0.29, 0.717) is 10.6 Å². The van der Waals surface area contributed by atoms with Gasteiger partial charge in [-0.15, -0.1) is 0 Å². The molecule has 0 spiro atoms. The third-order valence-corrected chi connectivity index (χ3v) is 4.93. The highest BCUT2D eigenvalue weighted by Crippen LogP contribution is 2.33. The number of nitrogen functional groups attached to an aromatic ring is 1. The fraction of sp³-hybridized carbons (Fsp3) is 0.0833. The summed E-state index contributed by atoms with van der Waals surface area (Å²) in [4.78, 5) is 5.77. The van der Waals surface area contributed by atoms with Crippen LogP contribution in [0.3, 0.4) is 0 Å². The highest BCUT2D eigenvalue weighted by Gasteiger charge is 2.13. The summed E-state index contributed by atoms with van der Waals surface area (Å²) in [5, 5.41) is 0. The third kappa shape index (κ3) is 3.25. The molecule has 5 nitrogen and oxygen atoms in total. The van der Waals surface area contributed by atoms with E-state index in [1.165, 1.54) is 24.9 Å². The van der Waals surface area contributed by atoms with Crippen LogP contribution in [0.5, 0.6) is 0 Å². The number of benzene rings is 1. The Kier molecular flexibility index (Phi) is 4.08. The molecule has 100 valence electrons. The first-order chi connectivity index (χ1) is 9.03. The summed E-state index contributed by atoms with van der Waals surface area (Å²) >= 11 is 1.40. The molecule has 3 N–H and O–H groups in total. The van der Waals surface area contributed by atoms with E-state index in [1.807, 2.05) is 12.1 Å². The van der Waals surface area contributed by atoms with Crippen molar-refractivity contribution in [2.24, 2.45) is 0 Å². The van der Waals surface area contributed by atoms with Gasteiger partial charge in [-0.25, -0.2) is 13.1 Å². The predicted molar refractivity (Wildman–Crippen MR) is 75.5 cm³/mol. The molecular formula is C12H13N3O2S2. The second-order valence-electron chi connectivity index (χ2n) is 3.69. The predicted octanol–water partition coefficient (Wildman–Crippen LogP) is 1.72. The number of anilines is 1. The average Bonchev–Trinajstić information content (AvgIpc) is 2.42. The molecule has 1 aromatic carbocycles. The van der Waals surface area contributed by atoms with E-state index in [9.17, 15) is 8.42 Å². The Morgan fingerprint density at radius 2 is 1.89 bits per heavy atom. The van der Waals surface area contributed by atoms with Gasteiger partial charge in [0.25, 0.3) is 0 Å². The lowest BCUT2D eigenvalue weighted by molar-refractivity contribution is 0.588. The molecule has 2 rings (SSSR count). The summed E-state index contributed by atoms with van der Waals surface area (Å²) < 4.78 is 25.8. The zero-order valence-corrected chi connectivity index (χ0v) is 11.8. The van der Waals surface area contributed by atoms with Gasteiger partial charge >= 0.3 is 0 Å². The molecule has 2 aromatic rings. The normalized spacial score (nSPS) is 11.4. The van der Waals surface area contributed by atoms with Crippen LogP contribution in [0, 0.1) is 0 Å². The van der Waals surface area contributed by atoms with Crippen LogP contribution in [0.15, 0.2) is 57.4 Å². The Labute approximate surface area is 116 Å². The van der Waals surface area contributed by atoms with Crippen LogP contribution in [0.2, 0.25) is 0 Å². The van der Waals surface area contributed by atoms with Gasteiger partial charge in [-0.3, -0.25) is 4.98 Å². The maximum atomic E-state index is 11.7. The van der Waals surface area contributed by atoms with Crippen molar-refractivity contribution in [3.8, 4) is 0 Å². The molecule has 7 heteroatoms. The van der Waals surface area contributed by atoms with Crippen LogP contribution in [-0.2, 0) is 10.0 Å². The first kappa shape index (κ1) is 13.9. The van der Waals surface area contributed by atoms with Gasteiger partial charge in [-0.05, 0) is 37.4 Å². The van der Waals surface area contributed by atoms with Crippen LogP contribution in [0.25, 0.3) is 0 Å². The van der Waals surface area contributed by atoms with Gasteiger partial charge in [0, 0.05) is 27.9 Å². The number of nitrogens with zero attached hydrogens (tertiary/aromatic N) is 1. The smallest absolute Gasteiger partial charge is 0.240 e. The summed E-state index contributed by atoms with van der Waals surface area (Å²) in [6.45, 7) is 0. The molecule has 0 aliphatic carbocycles. The molecule has 1 aromatic heterocycles. The highest BCUT2D eigenvalue weighted by atomic mass is 32.2.